The van der Waals surface area contributed by atoms with Gasteiger partial charge in [0.15, 0.2) is 21.4 Å². The Balaban J connectivity index is 2.62. The van der Waals surface area contributed by atoms with E-state index in [2.05, 4.69) is 0 Å². The van der Waals surface area contributed by atoms with E-state index in [0.29, 0.717) is 5.56 Å². The lowest BCUT2D eigenvalue weighted by Crippen LogP contribution is -2.43. The third kappa shape index (κ3) is 1.99. The Kier molecular flexibility index (Phi) is 3.11. The molecule has 0 aromatic heterocycles. The Hall–Kier alpha value is -1.14. The number of hydrogen-bond acceptors (Lipinski definition) is 4. The number of benzene rings is 1. The molecule has 0 amide bonds. The molecule has 18 heavy (non-hydrogen) atoms. The minimum atomic E-state index is -3.61. The molecule has 2 N–H and O–H groups in total. The molecule has 1 aromatic rings. The lowest BCUT2D eigenvalue weighted by atomic mass is 9.72. The summed E-state index contributed by atoms with van der Waals surface area (Å²) in [7, 11) is -2.30. The van der Waals surface area contributed by atoms with Gasteiger partial charge in [0.05, 0.1) is 7.11 Å². The highest BCUT2D eigenvalue weighted by Crippen LogP contribution is 2.44. The van der Waals surface area contributed by atoms with Crippen LogP contribution in [-0.4, -0.2) is 21.8 Å². The van der Waals surface area contributed by atoms with Crippen LogP contribution in [0.25, 0.3) is 0 Å². The first-order valence-electron chi connectivity index (χ1n) is 5.65. The summed E-state index contributed by atoms with van der Waals surface area (Å²) < 4.78 is 42.1. The summed E-state index contributed by atoms with van der Waals surface area (Å²) in [6, 6.07) is 2.81. The van der Waals surface area contributed by atoms with Gasteiger partial charge in [-0.15, -0.1) is 0 Å². The first-order chi connectivity index (χ1) is 8.29. The molecule has 4 nitrogen and oxygen atoms in total. The fraction of sp³-hybridized carbons (Fsp3) is 0.500. The molecule has 2 rings (SSSR count). The fourth-order valence-electron chi connectivity index (χ4n) is 2.24. The summed E-state index contributed by atoms with van der Waals surface area (Å²) >= 11 is 0. The first kappa shape index (κ1) is 13.3. The van der Waals surface area contributed by atoms with Gasteiger partial charge < -0.3 is 10.5 Å². The molecule has 1 aliphatic carbocycles. The molecule has 1 saturated carbocycles. The second-order valence-electron chi connectivity index (χ2n) is 4.74. The summed E-state index contributed by atoms with van der Waals surface area (Å²) in [4.78, 5) is -0.356. The van der Waals surface area contributed by atoms with Crippen LogP contribution in [0.2, 0.25) is 0 Å². The SMILES string of the molecule is COc1c(C2(N)CCC2)ccc(S(C)(=O)=O)c1F. The standard InChI is InChI=1S/C12H16FNO3S/c1-17-11-8(12(14)6-3-7-12)4-5-9(10(11)13)18(2,15)16/h4-5H,3,6-7,14H2,1-2H3. The average Bonchev–Trinajstić information content (AvgIpc) is 2.23. The van der Waals surface area contributed by atoms with Gasteiger partial charge >= 0.3 is 0 Å². The van der Waals surface area contributed by atoms with Gasteiger partial charge in [-0.3, -0.25) is 0 Å². The van der Waals surface area contributed by atoms with Gasteiger partial charge in [-0.05, 0) is 25.3 Å². The van der Waals surface area contributed by atoms with E-state index < -0.39 is 21.2 Å². The van der Waals surface area contributed by atoms with Crippen molar-refractivity contribution < 1.29 is 17.5 Å². The molecule has 0 unspecified atom stereocenters. The number of hydrogen-bond donors (Lipinski definition) is 1. The number of nitrogens with two attached hydrogens (primary N) is 1. The zero-order valence-electron chi connectivity index (χ0n) is 10.4. The van der Waals surface area contributed by atoms with Gasteiger partial charge in [-0.2, -0.15) is 0 Å². The van der Waals surface area contributed by atoms with Crippen molar-refractivity contribution in [3.05, 3.63) is 23.5 Å². The van der Waals surface area contributed by atoms with Crippen molar-refractivity contribution in [2.75, 3.05) is 13.4 Å². The van der Waals surface area contributed by atoms with Crippen molar-refractivity contribution in [3.8, 4) is 5.75 Å². The van der Waals surface area contributed by atoms with E-state index in [1.54, 1.807) is 6.07 Å². The van der Waals surface area contributed by atoms with Crippen LogP contribution >= 0.6 is 0 Å². The zero-order chi connectivity index (χ0) is 13.6. The number of rotatable bonds is 3. The number of halogens is 1. The molecule has 6 heteroatoms. The highest BCUT2D eigenvalue weighted by atomic mass is 32.2. The predicted molar refractivity (Wildman–Crippen MR) is 65.8 cm³/mol. The maximum atomic E-state index is 14.2. The summed E-state index contributed by atoms with van der Waals surface area (Å²) in [5, 5.41) is 0. The van der Waals surface area contributed by atoms with Crippen LogP contribution in [0.3, 0.4) is 0 Å². The fourth-order valence-corrected chi connectivity index (χ4v) is 2.98. The van der Waals surface area contributed by atoms with Crippen molar-refractivity contribution >= 4 is 9.84 Å². The number of ether oxygens (including phenoxy) is 1. The molecular formula is C12H16FNO3S. The molecule has 1 fully saturated rings. The summed E-state index contributed by atoms with van der Waals surface area (Å²) in [6.45, 7) is 0. The molecule has 1 aromatic carbocycles. The Morgan fingerprint density at radius 3 is 2.39 bits per heavy atom. The van der Waals surface area contributed by atoms with Crippen molar-refractivity contribution in [3.63, 3.8) is 0 Å². The van der Waals surface area contributed by atoms with Crippen LogP contribution in [-0.2, 0) is 15.4 Å². The number of methoxy groups -OCH3 is 1. The Morgan fingerprint density at radius 2 is 2.00 bits per heavy atom. The van der Waals surface area contributed by atoms with Crippen LogP contribution in [0, 0.1) is 5.82 Å². The van der Waals surface area contributed by atoms with Crippen molar-refractivity contribution in [1.82, 2.24) is 0 Å². The van der Waals surface area contributed by atoms with Gasteiger partial charge in [-0.25, -0.2) is 12.8 Å². The summed E-state index contributed by atoms with van der Waals surface area (Å²) in [5.41, 5.74) is 6.08. The minimum absolute atomic E-state index is 0.0554. The third-order valence-corrected chi connectivity index (χ3v) is 4.56. The summed E-state index contributed by atoms with van der Waals surface area (Å²) in [6.07, 6.45) is 3.45. The Labute approximate surface area is 106 Å². The predicted octanol–water partition coefficient (Wildman–Crippen LogP) is 1.58. The smallest absolute Gasteiger partial charge is 0.183 e. The molecule has 1 aliphatic rings. The van der Waals surface area contributed by atoms with Crippen LogP contribution in [0.5, 0.6) is 5.75 Å². The molecule has 0 radical (unpaired) electrons. The van der Waals surface area contributed by atoms with E-state index in [0.717, 1.165) is 25.5 Å². The average molecular weight is 273 g/mol. The Bertz CT molecular complexity index is 579. The van der Waals surface area contributed by atoms with E-state index in [1.807, 2.05) is 0 Å². The molecular weight excluding hydrogens is 257 g/mol. The normalized spacial score (nSPS) is 18.2. The van der Waals surface area contributed by atoms with E-state index >= 15 is 0 Å². The van der Waals surface area contributed by atoms with E-state index in [-0.39, 0.29) is 10.6 Å². The van der Waals surface area contributed by atoms with Crippen molar-refractivity contribution in [2.24, 2.45) is 5.73 Å². The maximum absolute atomic E-state index is 14.2. The van der Waals surface area contributed by atoms with Crippen molar-refractivity contribution in [2.45, 2.75) is 29.7 Å². The largest absolute Gasteiger partial charge is 0.493 e. The Morgan fingerprint density at radius 1 is 1.39 bits per heavy atom. The second kappa shape index (κ2) is 4.20. The lowest BCUT2D eigenvalue weighted by molar-refractivity contribution is 0.240. The second-order valence-corrected chi connectivity index (χ2v) is 6.72. The molecule has 0 heterocycles. The van der Waals surface area contributed by atoms with Crippen LogP contribution in [0.15, 0.2) is 17.0 Å². The van der Waals surface area contributed by atoms with E-state index in [9.17, 15) is 12.8 Å². The molecule has 100 valence electrons. The van der Waals surface area contributed by atoms with E-state index in [1.165, 1.54) is 13.2 Å². The third-order valence-electron chi connectivity index (χ3n) is 3.45. The lowest BCUT2D eigenvalue weighted by Gasteiger charge is -2.39. The minimum Gasteiger partial charge on any atom is -0.493 e. The number of sulfone groups is 1. The molecule has 0 spiro atoms. The first-order valence-corrected chi connectivity index (χ1v) is 7.54. The van der Waals surface area contributed by atoms with Gasteiger partial charge in [0.2, 0.25) is 0 Å². The molecule has 0 saturated heterocycles. The monoisotopic (exact) mass is 273 g/mol. The van der Waals surface area contributed by atoms with E-state index in [4.69, 9.17) is 10.5 Å². The molecule has 0 atom stereocenters. The summed E-state index contributed by atoms with van der Waals surface area (Å²) in [5.74, 6) is -0.908. The molecule has 0 aliphatic heterocycles. The van der Waals surface area contributed by atoms with Crippen LogP contribution < -0.4 is 10.5 Å². The van der Waals surface area contributed by atoms with Crippen LogP contribution in [0.1, 0.15) is 24.8 Å². The van der Waals surface area contributed by atoms with Crippen LogP contribution in [0.4, 0.5) is 4.39 Å². The molecule has 0 bridgehead atoms. The topological polar surface area (TPSA) is 69.4 Å². The maximum Gasteiger partial charge on any atom is 0.183 e. The van der Waals surface area contributed by atoms with Gasteiger partial charge in [-0.1, -0.05) is 6.07 Å². The van der Waals surface area contributed by atoms with Gasteiger partial charge in [0.1, 0.15) is 4.90 Å². The quantitative estimate of drug-likeness (QED) is 0.907. The van der Waals surface area contributed by atoms with Gasteiger partial charge in [0, 0.05) is 17.4 Å². The highest BCUT2D eigenvalue weighted by molar-refractivity contribution is 7.90. The van der Waals surface area contributed by atoms with Crippen molar-refractivity contribution in [1.29, 1.82) is 0 Å². The highest BCUT2D eigenvalue weighted by Gasteiger charge is 2.38. The zero-order valence-corrected chi connectivity index (χ0v) is 11.2. The van der Waals surface area contributed by atoms with Gasteiger partial charge in [0.25, 0.3) is 0 Å².